The minimum Gasteiger partial charge on any atom is -0.379 e. The molecular weight excluding hydrogens is 444 g/mol. The van der Waals surface area contributed by atoms with Crippen LogP contribution in [-0.2, 0) is 11.3 Å². The number of ether oxygens (including phenoxy) is 1. The average Bonchev–Trinajstić information content (AvgIpc) is 3.59. The van der Waals surface area contributed by atoms with Gasteiger partial charge in [0.15, 0.2) is 11.5 Å². The number of halogens is 1. The fourth-order valence-corrected chi connectivity index (χ4v) is 5.18. The van der Waals surface area contributed by atoms with Crippen molar-refractivity contribution in [2.24, 2.45) is 0 Å². The van der Waals surface area contributed by atoms with Crippen LogP contribution in [0, 0.1) is 0 Å². The third-order valence-electron chi connectivity index (χ3n) is 6.81. The highest BCUT2D eigenvalue weighted by molar-refractivity contribution is 6.31. The van der Waals surface area contributed by atoms with E-state index in [0.29, 0.717) is 53.6 Å². The molecule has 1 saturated heterocycles. The minimum atomic E-state index is -0.147. The van der Waals surface area contributed by atoms with Gasteiger partial charge in [0, 0.05) is 37.1 Å². The van der Waals surface area contributed by atoms with Crippen molar-refractivity contribution in [2.45, 2.75) is 38.1 Å². The fraction of sp³-hybridized carbons (Fsp3) is 0.478. The maximum Gasteiger partial charge on any atom is 0.278 e. The van der Waals surface area contributed by atoms with E-state index < -0.39 is 0 Å². The summed E-state index contributed by atoms with van der Waals surface area (Å²) in [6.45, 7) is 4.44. The van der Waals surface area contributed by atoms with Crippen LogP contribution in [0.3, 0.4) is 0 Å². The summed E-state index contributed by atoms with van der Waals surface area (Å²) in [6.07, 6.45) is 6.16. The van der Waals surface area contributed by atoms with E-state index in [-0.39, 0.29) is 5.56 Å². The molecule has 0 radical (unpaired) electrons. The zero-order valence-corrected chi connectivity index (χ0v) is 19.0. The Morgan fingerprint density at radius 2 is 1.91 bits per heavy atom. The van der Waals surface area contributed by atoms with E-state index in [1.54, 1.807) is 15.3 Å². The molecule has 0 amide bonds. The molecule has 3 aromatic heterocycles. The van der Waals surface area contributed by atoms with Gasteiger partial charge in [-0.15, -0.1) is 0 Å². The molecule has 4 aromatic rings. The Morgan fingerprint density at radius 1 is 1.09 bits per heavy atom. The van der Waals surface area contributed by atoms with E-state index in [0.717, 1.165) is 43.5 Å². The van der Waals surface area contributed by atoms with Gasteiger partial charge in [0.2, 0.25) is 0 Å². The summed E-state index contributed by atoms with van der Waals surface area (Å²) in [7, 11) is 0. The molecule has 1 aromatic carbocycles. The van der Waals surface area contributed by atoms with Crippen molar-refractivity contribution in [3.8, 4) is 11.6 Å². The summed E-state index contributed by atoms with van der Waals surface area (Å²) >= 11 is 6.31. The Balaban J connectivity index is 1.46. The van der Waals surface area contributed by atoms with Crippen molar-refractivity contribution in [3.05, 3.63) is 45.7 Å². The van der Waals surface area contributed by atoms with Crippen molar-refractivity contribution < 1.29 is 9.26 Å². The zero-order valence-electron chi connectivity index (χ0n) is 18.2. The van der Waals surface area contributed by atoms with Crippen molar-refractivity contribution in [3.63, 3.8) is 0 Å². The Hall–Kier alpha value is -2.75. The second-order valence-corrected chi connectivity index (χ2v) is 9.23. The third kappa shape index (κ3) is 3.74. The van der Waals surface area contributed by atoms with Gasteiger partial charge in [0.25, 0.3) is 11.4 Å². The van der Waals surface area contributed by atoms with Crippen LogP contribution in [-0.4, -0.2) is 61.8 Å². The molecule has 2 fully saturated rings. The van der Waals surface area contributed by atoms with Gasteiger partial charge < -0.3 is 13.8 Å². The van der Waals surface area contributed by atoms with E-state index in [2.05, 4.69) is 20.0 Å². The average molecular weight is 469 g/mol. The molecule has 0 unspecified atom stereocenters. The highest BCUT2D eigenvalue weighted by Crippen LogP contribution is 2.33. The third-order valence-corrected chi connectivity index (χ3v) is 7.05. The summed E-state index contributed by atoms with van der Waals surface area (Å²) in [6, 6.07) is 5.57. The zero-order chi connectivity index (χ0) is 22.4. The summed E-state index contributed by atoms with van der Waals surface area (Å²) < 4.78 is 14.6. The topological polar surface area (TPSA) is 90.7 Å². The number of hydrogen-bond acceptors (Lipinski definition) is 7. The lowest BCUT2D eigenvalue weighted by atomic mass is 10.1. The van der Waals surface area contributed by atoms with Gasteiger partial charge in [-0.2, -0.15) is 4.98 Å². The second-order valence-electron chi connectivity index (χ2n) is 8.79. The molecule has 6 rings (SSSR count). The number of morpholine rings is 1. The van der Waals surface area contributed by atoms with Gasteiger partial charge in [0.1, 0.15) is 11.8 Å². The van der Waals surface area contributed by atoms with Crippen LogP contribution in [0.2, 0.25) is 5.02 Å². The standard InChI is InChI=1S/C23H25ClN6O3/c24-16-5-6-17-18(13-16)29(8-7-28-9-11-32-12-10-28)23(31)20-19(25-14-30(17)20)22-26-21(27-33-22)15-3-1-2-4-15/h5-6,13-15H,1-4,7-12H2. The molecule has 33 heavy (non-hydrogen) atoms. The predicted octanol–water partition coefficient (Wildman–Crippen LogP) is 3.34. The van der Waals surface area contributed by atoms with Crippen molar-refractivity contribution in [1.82, 2.24) is 29.0 Å². The quantitative estimate of drug-likeness (QED) is 0.443. The summed E-state index contributed by atoms with van der Waals surface area (Å²) in [5.74, 6) is 1.33. The van der Waals surface area contributed by atoms with Crippen LogP contribution >= 0.6 is 11.6 Å². The Kier molecular flexibility index (Phi) is 5.40. The number of benzene rings is 1. The molecule has 172 valence electrons. The molecule has 1 saturated carbocycles. The highest BCUT2D eigenvalue weighted by Gasteiger charge is 2.26. The van der Waals surface area contributed by atoms with Crippen LogP contribution in [0.1, 0.15) is 37.4 Å². The largest absolute Gasteiger partial charge is 0.379 e. The van der Waals surface area contributed by atoms with Crippen molar-refractivity contribution in [2.75, 3.05) is 32.8 Å². The molecule has 4 heterocycles. The number of imidazole rings is 1. The Morgan fingerprint density at radius 3 is 2.73 bits per heavy atom. The monoisotopic (exact) mass is 468 g/mol. The van der Waals surface area contributed by atoms with Gasteiger partial charge in [-0.3, -0.25) is 14.1 Å². The van der Waals surface area contributed by atoms with E-state index in [1.807, 2.05) is 18.2 Å². The Labute approximate surface area is 194 Å². The summed E-state index contributed by atoms with van der Waals surface area (Å²) in [5, 5.41) is 4.79. The molecule has 0 bridgehead atoms. The van der Waals surface area contributed by atoms with E-state index in [4.69, 9.17) is 20.9 Å². The molecule has 9 nitrogen and oxygen atoms in total. The van der Waals surface area contributed by atoms with E-state index in [9.17, 15) is 4.79 Å². The number of fused-ring (bicyclic) bond motifs is 3. The predicted molar refractivity (Wildman–Crippen MR) is 124 cm³/mol. The van der Waals surface area contributed by atoms with Crippen LogP contribution in [0.25, 0.3) is 28.1 Å². The first kappa shape index (κ1) is 20.8. The molecule has 0 N–H and O–H groups in total. The maximum atomic E-state index is 13.8. The molecule has 10 heteroatoms. The lowest BCUT2D eigenvalue weighted by molar-refractivity contribution is 0.0364. The summed E-state index contributed by atoms with van der Waals surface area (Å²) in [4.78, 5) is 25.2. The molecule has 1 aliphatic carbocycles. The van der Waals surface area contributed by atoms with Gasteiger partial charge in [-0.1, -0.05) is 29.6 Å². The normalized spacial score (nSPS) is 18.1. The first-order valence-corrected chi connectivity index (χ1v) is 11.9. The fourth-order valence-electron chi connectivity index (χ4n) is 5.01. The SMILES string of the molecule is O=c1c2c(-c3nc(C4CCCC4)no3)ncn2c2ccc(Cl)cc2n1CCN1CCOCC1. The first-order chi connectivity index (χ1) is 16.2. The minimum absolute atomic E-state index is 0.147. The van der Waals surface area contributed by atoms with E-state index in [1.165, 1.54) is 12.8 Å². The molecular formula is C23H25ClN6O3. The number of aromatic nitrogens is 5. The molecule has 0 spiro atoms. The van der Waals surface area contributed by atoms with E-state index >= 15 is 0 Å². The highest BCUT2D eigenvalue weighted by atomic mass is 35.5. The lowest BCUT2D eigenvalue weighted by Gasteiger charge is -2.27. The summed E-state index contributed by atoms with van der Waals surface area (Å²) in [5.41, 5.74) is 2.34. The van der Waals surface area contributed by atoms with Gasteiger partial charge in [-0.05, 0) is 31.0 Å². The number of rotatable bonds is 5. The smallest absolute Gasteiger partial charge is 0.278 e. The van der Waals surface area contributed by atoms with Crippen molar-refractivity contribution in [1.29, 1.82) is 0 Å². The molecule has 1 aliphatic heterocycles. The van der Waals surface area contributed by atoms with Gasteiger partial charge in [0.05, 0.1) is 24.2 Å². The Bertz CT molecular complexity index is 1360. The van der Waals surface area contributed by atoms with Crippen LogP contribution in [0.15, 0.2) is 33.8 Å². The van der Waals surface area contributed by atoms with Crippen LogP contribution in [0.4, 0.5) is 0 Å². The lowest BCUT2D eigenvalue weighted by Crippen LogP contribution is -2.39. The number of hydrogen-bond donors (Lipinski definition) is 0. The number of nitrogens with zero attached hydrogens (tertiary/aromatic N) is 6. The maximum absolute atomic E-state index is 13.8. The van der Waals surface area contributed by atoms with Crippen LogP contribution in [0.5, 0.6) is 0 Å². The molecule has 0 atom stereocenters. The first-order valence-electron chi connectivity index (χ1n) is 11.5. The van der Waals surface area contributed by atoms with Gasteiger partial charge in [-0.25, -0.2) is 4.98 Å². The molecule has 2 aliphatic rings. The van der Waals surface area contributed by atoms with Gasteiger partial charge >= 0.3 is 0 Å². The van der Waals surface area contributed by atoms with Crippen LogP contribution < -0.4 is 5.56 Å². The second kappa shape index (κ2) is 8.55. The van der Waals surface area contributed by atoms with Crippen molar-refractivity contribution >= 4 is 28.2 Å².